The van der Waals surface area contributed by atoms with Crippen molar-refractivity contribution in [1.29, 1.82) is 0 Å². The van der Waals surface area contributed by atoms with Crippen LogP contribution < -0.4 is 5.32 Å². The number of nitrogens with one attached hydrogen (secondary N) is 1. The van der Waals surface area contributed by atoms with Gasteiger partial charge in [0.15, 0.2) is 0 Å². The molecule has 1 amide bonds. The fourth-order valence-corrected chi connectivity index (χ4v) is 4.77. The van der Waals surface area contributed by atoms with E-state index >= 15 is 0 Å². The first-order valence-electron chi connectivity index (χ1n) is 8.27. The van der Waals surface area contributed by atoms with Crippen molar-refractivity contribution < 1.29 is 4.79 Å². The van der Waals surface area contributed by atoms with Gasteiger partial charge in [-0.1, -0.05) is 19.4 Å². The van der Waals surface area contributed by atoms with E-state index in [0.29, 0.717) is 12.5 Å². The molecule has 116 valence electrons. The van der Waals surface area contributed by atoms with Gasteiger partial charge in [0.25, 0.3) is 0 Å². The van der Waals surface area contributed by atoms with Gasteiger partial charge < -0.3 is 10.2 Å². The first-order valence-corrected chi connectivity index (χ1v) is 9.15. The monoisotopic (exact) mass is 306 g/mol. The van der Waals surface area contributed by atoms with Crippen LogP contribution in [-0.2, 0) is 11.3 Å². The summed E-state index contributed by atoms with van der Waals surface area (Å²) in [6.45, 7) is 6.51. The minimum absolute atomic E-state index is 0.246. The van der Waals surface area contributed by atoms with E-state index in [0.717, 1.165) is 24.8 Å². The van der Waals surface area contributed by atoms with E-state index < -0.39 is 0 Å². The van der Waals surface area contributed by atoms with E-state index in [1.54, 1.807) is 11.3 Å². The van der Waals surface area contributed by atoms with Crippen molar-refractivity contribution in [2.45, 2.75) is 39.2 Å². The summed E-state index contributed by atoms with van der Waals surface area (Å²) in [6.07, 6.45) is 4.73. The second-order valence-corrected chi connectivity index (χ2v) is 7.56. The van der Waals surface area contributed by atoms with E-state index in [2.05, 4.69) is 28.6 Å². The van der Waals surface area contributed by atoms with Crippen LogP contribution in [0.2, 0.25) is 0 Å². The second-order valence-electron chi connectivity index (χ2n) is 6.53. The van der Waals surface area contributed by atoms with Gasteiger partial charge in [-0.15, -0.1) is 11.3 Å². The maximum Gasteiger partial charge on any atom is 0.220 e. The summed E-state index contributed by atoms with van der Waals surface area (Å²) in [4.78, 5) is 16.1. The lowest BCUT2D eigenvalue weighted by Crippen LogP contribution is -2.49. The van der Waals surface area contributed by atoms with Gasteiger partial charge in [0.05, 0.1) is 6.54 Å². The summed E-state index contributed by atoms with van der Waals surface area (Å²) >= 11 is 1.71. The average Bonchev–Trinajstić information content (AvgIpc) is 2.98. The minimum Gasteiger partial charge on any atom is -0.351 e. The predicted molar refractivity (Wildman–Crippen MR) is 87.2 cm³/mol. The van der Waals surface area contributed by atoms with Crippen LogP contribution in [0.15, 0.2) is 17.5 Å². The zero-order chi connectivity index (χ0) is 14.7. The maximum absolute atomic E-state index is 12.3. The Balaban J connectivity index is 1.53. The molecule has 2 fully saturated rings. The van der Waals surface area contributed by atoms with Crippen molar-refractivity contribution in [3.05, 3.63) is 22.4 Å². The number of piperidine rings is 1. The molecule has 3 rings (SSSR count). The van der Waals surface area contributed by atoms with E-state index in [1.165, 1.54) is 37.2 Å². The third kappa shape index (κ3) is 3.67. The van der Waals surface area contributed by atoms with E-state index in [-0.39, 0.29) is 5.91 Å². The Morgan fingerprint density at radius 2 is 2.14 bits per heavy atom. The highest BCUT2D eigenvalue weighted by molar-refractivity contribution is 7.09. The molecule has 21 heavy (non-hydrogen) atoms. The number of hydrogen-bond donors (Lipinski definition) is 1. The van der Waals surface area contributed by atoms with Gasteiger partial charge in [-0.3, -0.25) is 4.79 Å². The molecule has 2 atom stereocenters. The fourth-order valence-electron chi connectivity index (χ4n) is 4.12. The maximum atomic E-state index is 12.3. The van der Waals surface area contributed by atoms with Crippen LogP contribution in [-0.4, -0.2) is 30.4 Å². The van der Waals surface area contributed by atoms with Gasteiger partial charge in [-0.05, 0) is 48.6 Å². The third-order valence-electron chi connectivity index (χ3n) is 5.25. The van der Waals surface area contributed by atoms with Crippen molar-refractivity contribution >= 4 is 17.2 Å². The number of nitrogens with zero attached hydrogens (tertiary/aromatic N) is 1. The lowest BCUT2D eigenvalue weighted by atomic mass is 9.67. The van der Waals surface area contributed by atoms with Gasteiger partial charge in [0, 0.05) is 24.4 Å². The molecule has 0 aromatic carbocycles. The van der Waals surface area contributed by atoms with Gasteiger partial charge in [-0.2, -0.15) is 0 Å². The van der Waals surface area contributed by atoms with E-state index in [9.17, 15) is 4.79 Å². The lowest BCUT2D eigenvalue weighted by Gasteiger charge is -2.47. The summed E-state index contributed by atoms with van der Waals surface area (Å²) in [6, 6.07) is 4.12. The van der Waals surface area contributed by atoms with E-state index in [4.69, 9.17) is 0 Å². The molecule has 1 saturated heterocycles. The predicted octanol–water partition coefficient (Wildman–Crippen LogP) is 3.12. The van der Waals surface area contributed by atoms with Crippen LogP contribution in [0.25, 0.3) is 0 Å². The zero-order valence-electron chi connectivity index (χ0n) is 12.9. The zero-order valence-corrected chi connectivity index (χ0v) is 13.7. The third-order valence-corrected chi connectivity index (χ3v) is 6.13. The van der Waals surface area contributed by atoms with Crippen molar-refractivity contribution in [1.82, 2.24) is 10.2 Å². The van der Waals surface area contributed by atoms with Gasteiger partial charge in [0.2, 0.25) is 5.91 Å². The van der Waals surface area contributed by atoms with Crippen LogP contribution in [0.3, 0.4) is 0 Å². The van der Waals surface area contributed by atoms with Crippen molar-refractivity contribution in [3.8, 4) is 0 Å². The highest BCUT2D eigenvalue weighted by Crippen LogP contribution is 2.41. The Hall–Kier alpha value is -0.870. The topological polar surface area (TPSA) is 32.3 Å². The molecule has 1 aromatic heterocycles. The smallest absolute Gasteiger partial charge is 0.220 e. The largest absolute Gasteiger partial charge is 0.351 e. The van der Waals surface area contributed by atoms with Crippen molar-refractivity contribution in [2.24, 2.45) is 17.8 Å². The molecule has 1 saturated carbocycles. The van der Waals surface area contributed by atoms with Crippen LogP contribution in [0.5, 0.6) is 0 Å². The molecule has 4 heteroatoms. The van der Waals surface area contributed by atoms with Crippen LogP contribution in [0.1, 0.15) is 37.5 Å². The van der Waals surface area contributed by atoms with Gasteiger partial charge in [0.1, 0.15) is 0 Å². The molecule has 0 spiro atoms. The highest BCUT2D eigenvalue weighted by Gasteiger charge is 2.39. The number of amides is 1. The minimum atomic E-state index is 0.246. The highest BCUT2D eigenvalue weighted by atomic mass is 32.1. The van der Waals surface area contributed by atoms with Crippen LogP contribution in [0, 0.1) is 17.8 Å². The summed E-state index contributed by atoms with van der Waals surface area (Å²) in [7, 11) is 0. The second kappa shape index (κ2) is 6.93. The molecule has 1 aliphatic carbocycles. The van der Waals surface area contributed by atoms with Gasteiger partial charge in [-0.25, -0.2) is 0 Å². The number of carbonyl (C=O) groups is 1. The number of hydrogen-bond acceptors (Lipinski definition) is 3. The standard InChI is InChI=1S/C17H26N2OS/c1-2-19-11-13-5-3-6-14(12-19)16(13)9-17(20)18-10-15-7-4-8-21-15/h4,7-8,13-14,16H,2-3,5-6,9-12H2,1H3,(H,18,20). The fraction of sp³-hybridized carbons (Fsp3) is 0.706. The number of thiophene rings is 1. The Labute approximate surface area is 131 Å². The first-order chi connectivity index (χ1) is 10.3. The molecular weight excluding hydrogens is 280 g/mol. The lowest BCUT2D eigenvalue weighted by molar-refractivity contribution is -0.124. The molecule has 2 unspecified atom stereocenters. The molecule has 2 aliphatic rings. The summed E-state index contributed by atoms with van der Waals surface area (Å²) in [5.74, 6) is 2.34. The first kappa shape index (κ1) is 15.0. The van der Waals surface area contributed by atoms with Crippen molar-refractivity contribution in [3.63, 3.8) is 0 Å². The molecular formula is C17H26N2OS. The Bertz CT molecular complexity index is 445. The molecule has 1 N–H and O–H groups in total. The summed E-state index contributed by atoms with van der Waals surface area (Å²) in [5.41, 5.74) is 0. The Morgan fingerprint density at radius 1 is 1.38 bits per heavy atom. The summed E-state index contributed by atoms with van der Waals surface area (Å²) in [5, 5.41) is 5.17. The Morgan fingerprint density at radius 3 is 2.76 bits per heavy atom. The van der Waals surface area contributed by atoms with Gasteiger partial charge >= 0.3 is 0 Å². The average molecular weight is 306 g/mol. The van der Waals surface area contributed by atoms with Crippen LogP contribution >= 0.6 is 11.3 Å². The van der Waals surface area contributed by atoms with Crippen LogP contribution in [0.4, 0.5) is 0 Å². The molecule has 0 radical (unpaired) electrons. The number of fused-ring (bicyclic) bond motifs is 2. The summed E-state index contributed by atoms with van der Waals surface area (Å²) < 4.78 is 0. The normalized spacial score (nSPS) is 29.3. The van der Waals surface area contributed by atoms with E-state index in [1.807, 2.05) is 6.07 Å². The number of rotatable bonds is 5. The van der Waals surface area contributed by atoms with Crippen molar-refractivity contribution in [2.75, 3.05) is 19.6 Å². The quantitative estimate of drug-likeness (QED) is 0.906. The number of carbonyl (C=O) groups excluding carboxylic acids is 1. The SMILES string of the molecule is CCN1CC2CCCC(C1)C2CC(=O)NCc1cccs1. The molecule has 1 aliphatic heterocycles. The molecule has 1 aromatic rings. The Kier molecular flexibility index (Phi) is 4.96. The molecule has 2 heterocycles. The molecule has 3 nitrogen and oxygen atoms in total. The molecule has 2 bridgehead atoms. The number of likely N-dealkylation sites (tertiary alicyclic amines) is 1.